The van der Waals surface area contributed by atoms with E-state index in [-0.39, 0.29) is 17.8 Å². The van der Waals surface area contributed by atoms with Crippen LogP contribution in [0.3, 0.4) is 0 Å². The standard InChI is InChI=1S/C20H35ClN4O2S/c1-6-22-20(24-16(4)13-14-28(5,26)27)23-15-19(25(7-2)8-3)17-11-9-10-12-18(17)21/h9-12,16,19H,6-8,13-15H2,1-5H3,(H2,22,23,24). The molecule has 1 aromatic rings. The minimum atomic E-state index is -2.97. The molecule has 0 aliphatic carbocycles. The number of benzene rings is 1. The van der Waals surface area contributed by atoms with Crippen molar-refractivity contribution in [1.82, 2.24) is 15.5 Å². The number of aliphatic imine (C=N–C) groups is 1. The molecule has 1 aromatic carbocycles. The summed E-state index contributed by atoms with van der Waals surface area (Å²) < 4.78 is 22.8. The van der Waals surface area contributed by atoms with Crippen LogP contribution in [0.5, 0.6) is 0 Å². The lowest BCUT2D eigenvalue weighted by Crippen LogP contribution is -2.43. The maximum Gasteiger partial charge on any atom is 0.191 e. The lowest BCUT2D eigenvalue weighted by Gasteiger charge is -2.30. The molecule has 28 heavy (non-hydrogen) atoms. The lowest BCUT2D eigenvalue weighted by atomic mass is 10.1. The zero-order chi connectivity index (χ0) is 21.2. The van der Waals surface area contributed by atoms with Gasteiger partial charge in [0.1, 0.15) is 9.84 Å². The van der Waals surface area contributed by atoms with Gasteiger partial charge in [0.2, 0.25) is 0 Å². The maximum absolute atomic E-state index is 11.4. The Hall–Kier alpha value is -1.31. The van der Waals surface area contributed by atoms with E-state index >= 15 is 0 Å². The van der Waals surface area contributed by atoms with Crippen LogP contribution in [0, 0.1) is 0 Å². The third-order valence-electron chi connectivity index (χ3n) is 4.59. The van der Waals surface area contributed by atoms with Gasteiger partial charge in [0, 0.05) is 23.9 Å². The van der Waals surface area contributed by atoms with Crippen molar-refractivity contribution in [3.63, 3.8) is 0 Å². The van der Waals surface area contributed by atoms with Crippen molar-refractivity contribution < 1.29 is 8.42 Å². The van der Waals surface area contributed by atoms with Crippen LogP contribution in [0.15, 0.2) is 29.3 Å². The average molecular weight is 431 g/mol. The van der Waals surface area contributed by atoms with Gasteiger partial charge in [0.05, 0.1) is 18.3 Å². The number of hydrogen-bond donors (Lipinski definition) is 2. The van der Waals surface area contributed by atoms with Crippen LogP contribution in [0.1, 0.15) is 45.7 Å². The summed E-state index contributed by atoms with van der Waals surface area (Å²) in [6.07, 6.45) is 1.80. The Balaban J connectivity index is 2.96. The van der Waals surface area contributed by atoms with Crippen LogP contribution >= 0.6 is 11.6 Å². The van der Waals surface area contributed by atoms with Crippen molar-refractivity contribution in [1.29, 1.82) is 0 Å². The minimum Gasteiger partial charge on any atom is -0.357 e. The summed E-state index contributed by atoms with van der Waals surface area (Å²) >= 11 is 6.46. The number of nitrogens with zero attached hydrogens (tertiary/aromatic N) is 2. The van der Waals surface area contributed by atoms with Gasteiger partial charge >= 0.3 is 0 Å². The van der Waals surface area contributed by atoms with Gasteiger partial charge in [-0.3, -0.25) is 9.89 Å². The molecule has 160 valence electrons. The maximum atomic E-state index is 11.4. The Labute approximate surface area is 175 Å². The molecule has 6 nitrogen and oxygen atoms in total. The highest BCUT2D eigenvalue weighted by Gasteiger charge is 2.20. The Morgan fingerprint density at radius 2 is 1.86 bits per heavy atom. The molecule has 0 fully saturated rings. The Morgan fingerprint density at radius 3 is 2.39 bits per heavy atom. The van der Waals surface area contributed by atoms with Crippen molar-refractivity contribution in [2.45, 2.75) is 46.2 Å². The van der Waals surface area contributed by atoms with Crippen molar-refractivity contribution in [3.8, 4) is 0 Å². The number of halogens is 1. The molecule has 8 heteroatoms. The molecule has 2 N–H and O–H groups in total. The SMILES string of the molecule is CCNC(=NCC(c1ccccc1Cl)N(CC)CC)NC(C)CCS(C)(=O)=O. The van der Waals surface area contributed by atoms with E-state index in [1.807, 2.05) is 32.0 Å². The van der Waals surface area contributed by atoms with Gasteiger partial charge in [-0.1, -0.05) is 43.6 Å². The number of likely N-dealkylation sites (N-methyl/N-ethyl adjacent to an activating group) is 1. The fourth-order valence-corrected chi connectivity index (χ4v) is 4.06. The van der Waals surface area contributed by atoms with Crippen LogP contribution in [-0.4, -0.2) is 63.5 Å². The number of rotatable bonds is 11. The summed E-state index contributed by atoms with van der Waals surface area (Å²) in [5, 5.41) is 7.30. The highest BCUT2D eigenvalue weighted by Crippen LogP contribution is 2.27. The van der Waals surface area contributed by atoms with Crippen LogP contribution < -0.4 is 10.6 Å². The van der Waals surface area contributed by atoms with E-state index in [0.29, 0.717) is 18.9 Å². The van der Waals surface area contributed by atoms with Gasteiger partial charge in [-0.25, -0.2) is 8.42 Å². The zero-order valence-corrected chi connectivity index (χ0v) is 19.3. The Kier molecular flexibility index (Phi) is 10.9. The molecule has 2 atom stereocenters. The second kappa shape index (κ2) is 12.3. The first-order valence-electron chi connectivity index (χ1n) is 9.92. The first-order chi connectivity index (χ1) is 13.2. The molecule has 0 saturated carbocycles. The fraction of sp³-hybridized carbons (Fsp3) is 0.650. The Morgan fingerprint density at radius 1 is 1.21 bits per heavy atom. The largest absolute Gasteiger partial charge is 0.357 e. The molecule has 0 heterocycles. The van der Waals surface area contributed by atoms with Crippen LogP contribution in [0.4, 0.5) is 0 Å². The molecule has 0 aliphatic rings. The smallest absolute Gasteiger partial charge is 0.191 e. The van der Waals surface area contributed by atoms with Crippen molar-refractivity contribution in [2.75, 3.05) is 38.2 Å². The van der Waals surface area contributed by atoms with Crippen molar-refractivity contribution in [2.24, 2.45) is 4.99 Å². The minimum absolute atomic E-state index is 0.000239. The van der Waals surface area contributed by atoms with E-state index in [9.17, 15) is 8.42 Å². The average Bonchev–Trinajstić information content (AvgIpc) is 2.63. The normalized spacial score (nSPS) is 14.8. The summed E-state index contributed by atoms with van der Waals surface area (Å²) in [5.41, 5.74) is 1.07. The van der Waals surface area contributed by atoms with E-state index in [4.69, 9.17) is 16.6 Å². The predicted octanol–water partition coefficient (Wildman–Crippen LogP) is 3.10. The van der Waals surface area contributed by atoms with E-state index in [1.165, 1.54) is 6.26 Å². The van der Waals surface area contributed by atoms with Gasteiger partial charge in [-0.2, -0.15) is 0 Å². The predicted molar refractivity (Wildman–Crippen MR) is 120 cm³/mol. The summed E-state index contributed by atoms with van der Waals surface area (Å²) in [6, 6.07) is 7.97. The highest BCUT2D eigenvalue weighted by atomic mass is 35.5. The van der Waals surface area contributed by atoms with E-state index in [0.717, 1.165) is 30.2 Å². The van der Waals surface area contributed by atoms with Gasteiger partial charge < -0.3 is 10.6 Å². The molecule has 0 amide bonds. The Bertz CT molecular complexity index is 721. The monoisotopic (exact) mass is 430 g/mol. The summed E-state index contributed by atoms with van der Waals surface area (Å²) in [4.78, 5) is 7.11. The zero-order valence-electron chi connectivity index (χ0n) is 17.7. The first-order valence-corrected chi connectivity index (χ1v) is 12.4. The van der Waals surface area contributed by atoms with E-state index < -0.39 is 9.84 Å². The second-order valence-electron chi connectivity index (χ2n) is 6.94. The van der Waals surface area contributed by atoms with Crippen LogP contribution in [0.25, 0.3) is 0 Å². The number of hydrogen-bond acceptors (Lipinski definition) is 4. The molecule has 2 unspecified atom stereocenters. The third kappa shape index (κ3) is 8.80. The van der Waals surface area contributed by atoms with E-state index in [1.54, 1.807) is 0 Å². The topological polar surface area (TPSA) is 73.8 Å². The van der Waals surface area contributed by atoms with Gasteiger partial charge in [-0.15, -0.1) is 0 Å². The molecular weight excluding hydrogens is 396 g/mol. The van der Waals surface area contributed by atoms with Crippen LogP contribution in [-0.2, 0) is 9.84 Å². The molecule has 0 aromatic heterocycles. The van der Waals surface area contributed by atoms with Crippen LogP contribution in [0.2, 0.25) is 5.02 Å². The van der Waals surface area contributed by atoms with Crippen molar-refractivity contribution >= 4 is 27.4 Å². The molecule has 0 bridgehead atoms. The number of nitrogens with one attached hydrogen (secondary N) is 2. The van der Waals surface area contributed by atoms with E-state index in [2.05, 4.69) is 35.4 Å². The summed E-state index contributed by atoms with van der Waals surface area (Å²) in [5.74, 6) is 0.843. The van der Waals surface area contributed by atoms with Gasteiger partial charge in [0.25, 0.3) is 0 Å². The summed E-state index contributed by atoms with van der Waals surface area (Å²) in [6.45, 7) is 11.3. The van der Waals surface area contributed by atoms with Gasteiger partial charge in [0.15, 0.2) is 5.96 Å². The molecule has 0 saturated heterocycles. The molecular formula is C20H35ClN4O2S. The highest BCUT2D eigenvalue weighted by molar-refractivity contribution is 7.90. The number of guanidine groups is 1. The molecule has 0 radical (unpaired) electrons. The molecule has 0 spiro atoms. The lowest BCUT2D eigenvalue weighted by molar-refractivity contribution is 0.224. The molecule has 0 aliphatic heterocycles. The van der Waals surface area contributed by atoms with Gasteiger partial charge in [-0.05, 0) is 45.0 Å². The van der Waals surface area contributed by atoms with Crippen molar-refractivity contribution in [3.05, 3.63) is 34.9 Å². The number of sulfone groups is 1. The summed E-state index contributed by atoms with van der Waals surface area (Å²) in [7, 11) is -2.97. The first kappa shape index (κ1) is 24.7. The quantitative estimate of drug-likeness (QED) is 0.417. The fourth-order valence-electron chi connectivity index (χ4n) is 3.01. The third-order valence-corrected chi connectivity index (χ3v) is 5.91. The molecule has 1 rings (SSSR count). The second-order valence-corrected chi connectivity index (χ2v) is 9.61.